The van der Waals surface area contributed by atoms with Crippen molar-refractivity contribution in [3.05, 3.63) is 17.3 Å². The molecule has 0 saturated heterocycles. The number of oxazole rings is 1. The van der Waals surface area contributed by atoms with Crippen molar-refractivity contribution in [3.8, 4) is 0 Å². The Morgan fingerprint density at radius 2 is 2.12 bits per heavy atom. The van der Waals surface area contributed by atoms with Gasteiger partial charge in [-0.25, -0.2) is 4.98 Å². The molecule has 0 bridgehead atoms. The lowest BCUT2D eigenvalue weighted by atomic mass is 10.0. The molecule has 96 valence electrons. The molecule has 17 heavy (non-hydrogen) atoms. The number of carbonyl (C=O) groups excluding carboxylic acids is 1. The average molecular weight is 239 g/mol. The van der Waals surface area contributed by atoms with Crippen LogP contribution >= 0.6 is 0 Å². The second-order valence-corrected chi connectivity index (χ2v) is 4.70. The van der Waals surface area contributed by atoms with Gasteiger partial charge in [-0.3, -0.25) is 4.79 Å². The van der Waals surface area contributed by atoms with Crippen molar-refractivity contribution in [1.29, 1.82) is 0 Å². The highest BCUT2D eigenvalue weighted by Crippen LogP contribution is 2.08. The number of nitrogens with zero attached hydrogens (tertiary/aromatic N) is 1. The standard InChI is InChI=1S/C12H21N3O2/c1-7(2)5-10(13)12(16)14-6-11-15-8(3)9(4)17-11/h7,10H,5-6,13H2,1-4H3,(H,14,16)/t10-/m1/s1. The van der Waals surface area contributed by atoms with Gasteiger partial charge in [0, 0.05) is 0 Å². The van der Waals surface area contributed by atoms with Gasteiger partial charge in [0.2, 0.25) is 11.8 Å². The third kappa shape index (κ3) is 4.19. The fraction of sp³-hybridized carbons (Fsp3) is 0.667. The van der Waals surface area contributed by atoms with Crippen LogP contribution in [0.1, 0.15) is 37.6 Å². The van der Waals surface area contributed by atoms with E-state index in [1.54, 1.807) is 0 Å². The van der Waals surface area contributed by atoms with Crippen molar-refractivity contribution in [2.24, 2.45) is 11.7 Å². The zero-order valence-electron chi connectivity index (χ0n) is 10.9. The summed E-state index contributed by atoms with van der Waals surface area (Å²) in [5, 5.41) is 2.72. The molecule has 1 atom stereocenters. The van der Waals surface area contributed by atoms with Crippen molar-refractivity contribution < 1.29 is 9.21 Å². The number of nitrogens with one attached hydrogen (secondary N) is 1. The highest BCUT2D eigenvalue weighted by molar-refractivity contribution is 5.81. The van der Waals surface area contributed by atoms with Crippen LogP contribution in [0.2, 0.25) is 0 Å². The Morgan fingerprint density at radius 1 is 1.47 bits per heavy atom. The highest BCUT2D eigenvalue weighted by Gasteiger charge is 2.15. The average Bonchev–Trinajstić information content (AvgIpc) is 2.54. The molecule has 1 amide bonds. The van der Waals surface area contributed by atoms with E-state index < -0.39 is 6.04 Å². The molecule has 0 radical (unpaired) electrons. The van der Waals surface area contributed by atoms with Gasteiger partial charge in [-0.05, 0) is 26.2 Å². The molecule has 0 saturated carbocycles. The van der Waals surface area contributed by atoms with Gasteiger partial charge >= 0.3 is 0 Å². The number of nitrogens with two attached hydrogens (primary N) is 1. The van der Waals surface area contributed by atoms with E-state index in [0.717, 1.165) is 11.5 Å². The third-order valence-corrected chi connectivity index (χ3v) is 2.55. The van der Waals surface area contributed by atoms with E-state index in [4.69, 9.17) is 10.2 Å². The van der Waals surface area contributed by atoms with Crippen LogP contribution in [0.5, 0.6) is 0 Å². The second-order valence-electron chi connectivity index (χ2n) is 4.70. The zero-order chi connectivity index (χ0) is 13.0. The van der Waals surface area contributed by atoms with Crippen LogP contribution in [0.25, 0.3) is 0 Å². The smallest absolute Gasteiger partial charge is 0.237 e. The summed E-state index contributed by atoms with van der Waals surface area (Å²) < 4.78 is 5.36. The van der Waals surface area contributed by atoms with E-state index in [2.05, 4.69) is 10.3 Å². The first-order valence-corrected chi connectivity index (χ1v) is 5.86. The first-order valence-electron chi connectivity index (χ1n) is 5.86. The number of carbonyl (C=O) groups is 1. The summed E-state index contributed by atoms with van der Waals surface area (Å²) in [6, 6.07) is -0.466. The van der Waals surface area contributed by atoms with Gasteiger partial charge in [0.05, 0.1) is 18.3 Å². The predicted octanol–water partition coefficient (Wildman–Crippen LogP) is 1.28. The topological polar surface area (TPSA) is 81.2 Å². The number of aromatic nitrogens is 1. The molecule has 0 aromatic carbocycles. The number of rotatable bonds is 5. The summed E-state index contributed by atoms with van der Waals surface area (Å²) in [7, 11) is 0. The minimum atomic E-state index is -0.466. The van der Waals surface area contributed by atoms with Gasteiger partial charge in [0.1, 0.15) is 5.76 Å². The largest absolute Gasteiger partial charge is 0.444 e. The zero-order valence-corrected chi connectivity index (χ0v) is 10.9. The third-order valence-electron chi connectivity index (χ3n) is 2.55. The van der Waals surface area contributed by atoms with Crippen LogP contribution in [-0.2, 0) is 11.3 Å². The van der Waals surface area contributed by atoms with Crippen LogP contribution in [0.4, 0.5) is 0 Å². The molecule has 5 heteroatoms. The Hall–Kier alpha value is -1.36. The van der Waals surface area contributed by atoms with Crippen molar-refractivity contribution in [2.75, 3.05) is 0 Å². The minimum Gasteiger partial charge on any atom is -0.444 e. The van der Waals surface area contributed by atoms with E-state index in [1.807, 2.05) is 27.7 Å². The lowest BCUT2D eigenvalue weighted by Crippen LogP contribution is -2.41. The summed E-state index contributed by atoms with van der Waals surface area (Å²) in [6.45, 7) is 8.08. The molecule has 0 aliphatic carbocycles. The molecular weight excluding hydrogens is 218 g/mol. The van der Waals surface area contributed by atoms with Crippen LogP contribution in [0.3, 0.4) is 0 Å². The Kier molecular flexibility index (Phi) is 4.69. The molecule has 1 heterocycles. The van der Waals surface area contributed by atoms with Crippen LogP contribution in [-0.4, -0.2) is 16.9 Å². The highest BCUT2D eigenvalue weighted by atomic mass is 16.4. The molecule has 0 spiro atoms. The maximum Gasteiger partial charge on any atom is 0.237 e. The first-order chi connectivity index (χ1) is 7.90. The van der Waals surface area contributed by atoms with E-state index in [-0.39, 0.29) is 5.91 Å². The monoisotopic (exact) mass is 239 g/mol. The van der Waals surface area contributed by atoms with Crippen molar-refractivity contribution >= 4 is 5.91 Å². The molecule has 1 aromatic rings. The maximum absolute atomic E-state index is 11.6. The molecule has 5 nitrogen and oxygen atoms in total. The molecule has 0 unspecified atom stereocenters. The number of hydrogen-bond donors (Lipinski definition) is 2. The molecule has 0 aliphatic rings. The predicted molar refractivity (Wildman–Crippen MR) is 65.3 cm³/mol. The van der Waals surface area contributed by atoms with Crippen LogP contribution < -0.4 is 11.1 Å². The molecule has 1 aromatic heterocycles. The van der Waals surface area contributed by atoms with E-state index >= 15 is 0 Å². The number of amides is 1. The van der Waals surface area contributed by atoms with Crippen LogP contribution in [0.15, 0.2) is 4.42 Å². The summed E-state index contributed by atoms with van der Waals surface area (Å²) in [5.41, 5.74) is 6.60. The number of hydrogen-bond acceptors (Lipinski definition) is 4. The SMILES string of the molecule is Cc1nc(CNC(=O)[C@H](N)CC(C)C)oc1C. The van der Waals surface area contributed by atoms with E-state index in [9.17, 15) is 4.79 Å². The van der Waals surface area contributed by atoms with Gasteiger partial charge in [-0.15, -0.1) is 0 Å². The van der Waals surface area contributed by atoms with E-state index in [1.165, 1.54) is 0 Å². The lowest BCUT2D eigenvalue weighted by molar-refractivity contribution is -0.122. The summed E-state index contributed by atoms with van der Waals surface area (Å²) >= 11 is 0. The lowest BCUT2D eigenvalue weighted by Gasteiger charge is -2.13. The summed E-state index contributed by atoms with van der Waals surface area (Å²) in [6.07, 6.45) is 0.676. The molecule has 1 rings (SSSR count). The minimum absolute atomic E-state index is 0.160. The first kappa shape index (κ1) is 13.7. The summed E-state index contributed by atoms with van der Waals surface area (Å²) in [4.78, 5) is 15.8. The normalized spacial score (nSPS) is 12.8. The van der Waals surface area contributed by atoms with Gasteiger partial charge in [0.25, 0.3) is 0 Å². The number of aryl methyl sites for hydroxylation is 2. The van der Waals surface area contributed by atoms with Gasteiger partial charge in [-0.1, -0.05) is 13.8 Å². The quantitative estimate of drug-likeness (QED) is 0.811. The fourth-order valence-electron chi connectivity index (χ4n) is 1.52. The maximum atomic E-state index is 11.6. The van der Waals surface area contributed by atoms with Gasteiger partial charge in [0.15, 0.2) is 0 Å². The molecular formula is C12H21N3O2. The Labute approximate surface area is 102 Å². The van der Waals surface area contributed by atoms with E-state index in [0.29, 0.717) is 24.8 Å². The Bertz CT molecular complexity index is 366. The van der Waals surface area contributed by atoms with Crippen molar-refractivity contribution in [1.82, 2.24) is 10.3 Å². The fourth-order valence-corrected chi connectivity index (χ4v) is 1.52. The Morgan fingerprint density at radius 3 is 2.59 bits per heavy atom. The summed E-state index contributed by atoms with van der Waals surface area (Å²) in [5.74, 6) is 1.54. The Balaban J connectivity index is 2.42. The molecule has 3 N–H and O–H groups in total. The second kappa shape index (κ2) is 5.82. The molecule has 0 fully saturated rings. The van der Waals surface area contributed by atoms with Gasteiger partial charge < -0.3 is 15.5 Å². The molecule has 0 aliphatic heterocycles. The van der Waals surface area contributed by atoms with Gasteiger partial charge in [-0.2, -0.15) is 0 Å². The van der Waals surface area contributed by atoms with Crippen LogP contribution in [0, 0.1) is 19.8 Å². The van der Waals surface area contributed by atoms with Crippen molar-refractivity contribution in [2.45, 2.75) is 46.7 Å². The van der Waals surface area contributed by atoms with Crippen molar-refractivity contribution in [3.63, 3.8) is 0 Å².